The Morgan fingerprint density at radius 3 is 2.28 bits per heavy atom. The molecular weight excluding hydrogens is 482 g/mol. The summed E-state index contributed by atoms with van der Waals surface area (Å²) >= 11 is 6.73. The van der Waals surface area contributed by atoms with Gasteiger partial charge in [-0.25, -0.2) is 0 Å². The van der Waals surface area contributed by atoms with Gasteiger partial charge in [-0.2, -0.15) is 26.3 Å². The number of amides is 1. The highest BCUT2D eigenvalue weighted by molar-refractivity contribution is 7.09. The number of rotatable bonds is 7. The molecule has 4 nitrogen and oxygen atoms in total. The van der Waals surface area contributed by atoms with E-state index in [1.54, 1.807) is 5.38 Å². The van der Waals surface area contributed by atoms with Crippen molar-refractivity contribution < 1.29 is 35.9 Å². The molecule has 2 aromatic rings. The first kappa shape index (κ1) is 24.8. The number of hydrogen-bond acceptors (Lipinski definition) is 4. The van der Waals surface area contributed by atoms with Gasteiger partial charge in [0.2, 0.25) is 0 Å². The first-order valence-corrected chi connectivity index (χ1v) is 10.8. The lowest BCUT2D eigenvalue weighted by molar-refractivity contribution is -0.351. The predicted molar refractivity (Wildman–Crippen MR) is 107 cm³/mol. The fourth-order valence-corrected chi connectivity index (χ4v) is 4.37. The molecule has 176 valence electrons. The monoisotopic (exact) mass is 500 g/mol. The molecule has 0 bridgehead atoms. The fraction of sp³-hybridized carbons (Fsp3) is 0.450. The van der Waals surface area contributed by atoms with Gasteiger partial charge in [0, 0.05) is 35.2 Å². The number of halogens is 7. The predicted octanol–water partition coefficient (Wildman–Crippen LogP) is 5.63. The van der Waals surface area contributed by atoms with Crippen LogP contribution < -0.4 is 5.32 Å². The lowest BCUT2D eigenvalue weighted by Gasteiger charge is -2.46. The van der Waals surface area contributed by atoms with Crippen LogP contribution in [0.3, 0.4) is 0 Å². The molecule has 1 N–H and O–H groups in total. The topological polar surface area (TPSA) is 41.6 Å². The molecule has 0 saturated carbocycles. The van der Waals surface area contributed by atoms with E-state index in [-0.39, 0.29) is 27.0 Å². The number of ether oxygens (including phenoxy) is 1. The third-order valence-electron chi connectivity index (χ3n) is 5.07. The minimum Gasteiger partial charge on any atom is -0.377 e. The summed E-state index contributed by atoms with van der Waals surface area (Å²) in [6.45, 7) is -1.10. The second-order valence-corrected chi connectivity index (χ2v) is 8.73. The van der Waals surface area contributed by atoms with E-state index in [4.69, 9.17) is 16.3 Å². The molecule has 0 aliphatic carbocycles. The number of nitrogens with one attached hydrogen (secondary N) is 1. The summed E-state index contributed by atoms with van der Waals surface area (Å²) in [5.41, 5.74) is -5.02. The van der Waals surface area contributed by atoms with Crippen molar-refractivity contribution in [3.8, 4) is 0 Å². The number of hydrogen-bond donors (Lipinski definition) is 1. The highest BCUT2D eigenvalue weighted by atomic mass is 35.5. The molecule has 12 heteroatoms. The van der Waals surface area contributed by atoms with Crippen molar-refractivity contribution in [2.45, 2.75) is 43.5 Å². The van der Waals surface area contributed by atoms with Crippen LogP contribution in [0.25, 0.3) is 0 Å². The molecule has 1 aromatic carbocycles. The number of carbonyl (C=O) groups is 1. The van der Waals surface area contributed by atoms with E-state index in [9.17, 15) is 31.1 Å². The number of alkyl halides is 6. The quantitative estimate of drug-likeness (QED) is 0.395. The summed E-state index contributed by atoms with van der Waals surface area (Å²) in [4.78, 5) is 13.1. The van der Waals surface area contributed by atoms with E-state index in [2.05, 4.69) is 0 Å². The van der Waals surface area contributed by atoms with E-state index in [1.165, 1.54) is 29.6 Å². The van der Waals surface area contributed by atoms with E-state index in [0.717, 1.165) is 23.5 Å². The third kappa shape index (κ3) is 5.22. The van der Waals surface area contributed by atoms with Gasteiger partial charge in [-0.15, -0.1) is 11.3 Å². The zero-order valence-electron chi connectivity index (χ0n) is 16.5. The number of nitrogens with zero attached hydrogens (tertiary/aromatic N) is 1. The van der Waals surface area contributed by atoms with Crippen molar-refractivity contribution in [3.05, 3.63) is 57.2 Å². The third-order valence-corrected chi connectivity index (χ3v) is 6.18. The molecule has 3 rings (SSSR count). The maximum absolute atomic E-state index is 14.3. The largest absolute Gasteiger partial charge is 0.434 e. The number of benzene rings is 1. The van der Waals surface area contributed by atoms with Gasteiger partial charge in [0.05, 0.1) is 6.10 Å². The Morgan fingerprint density at radius 1 is 1.12 bits per heavy atom. The van der Waals surface area contributed by atoms with E-state index in [1.807, 2.05) is 0 Å². The lowest BCUT2D eigenvalue weighted by atomic mass is 10.0. The standard InChI is InChI=1S/C20H19ClF6N2O2S/c21-14-7-5-13(6-8-14)17(30)28-18(19(22,23)24,20(25,26)27)29(11-15-3-1-9-31-15)12-16-4-2-10-32-16/h2,4-8,10,15H,1,3,9,11-12H2,(H,28,30). The van der Waals surface area contributed by atoms with Crippen molar-refractivity contribution >= 4 is 28.8 Å². The molecule has 1 amide bonds. The normalized spacial score (nSPS) is 17.7. The summed E-state index contributed by atoms with van der Waals surface area (Å²) in [7, 11) is 0. The number of thiophene rings is 1. The molecule has 1 unspecified atom stereocenters. The van der Waals surface area contributed by atoms with Crippen molar-refractivity contribution in [1.82, 2.24) is 10.2 Å². The molecule has 1 saturated heterocycles. The van der Waals surface area contributed by atoms with Crippen LogP contribution in [0.15, 0.2) is 41.8 Å². The van der Waals surface area contributed by atoms with Crippen molar-refractivity contribution in [2.75, 3.05) is 13.2 Å². The summed E-state index contributed by atoms with van der Waals surface area (Å²) in [5.74, 6) is -1.53. The zero-order valence-corrected chi connectivity index (χ0v) is 18.0. The van der Waals surface area contributed by atoms with Gasteiger partial charge in [-0.3, -0.25) is 9.69 Å². The molecule has 1 aliphatic heterocycles. The maximum atomic E-state index is 14.3. The zero-order chi connectivity index (χ0) is 23.6. The van der Waals surface area contributed by atoms with Gasteiger partial charge in [0.15, 0.2) is 0 Å². The van der Waals surface area contributed by atoms with Gasteiger partial charge in [0.1, 0.15) is 0 Å². The van der Waals surface area contributed by atoms with Crippen LogP contribution in [0.4, 0.5) is 26.3 Å². The molecule has 0 spiro atoms. The van der Waals surface area contributed by atoms with Crippen LogP contribution in [0.2, 0.25) is 5.02 Å². The summed E-state index contributed by atoms with van der Waals surface area (Å²) in [6, 6.07) is 7.48. The maximum Gasteiger partial charge on any atom is 0.434 e. The average Bonchev–Trinajstić information content (AvgIpc) is 3.38. The van der Waals surface area contributed by atoms with Gasteiger partial charge in [-0.1, -0.05) is 17.7 Å². The summed E-state index contributed by atoms with van der Waals surface area (Å²) < 4.78 is 91.3. The summed E-state index contributed by atoms with van der Waals surface area (Å²) in [6.07, 6.45) is -11.8. The van der Waals surface area contributed by atoms with Crippen LogP contribution in [0.5, 0.6) is 0 Å². The fourth-order valence-electron chi connectivity index (χ4n) is 3.52. The summed E-state index contributed by atoms with van der Waals surface area (Å²) in [5, 5.41) is 3.00. The molecule has 1 aromatic heterocycles. The van der Waals surface area contributed by atoms with Crippen LogP contribution >= 0.6 is 22.9 Å². The van der Waals surface area contributed by atoms with Crippen molar-refractivity contribution in [1.29, 1.82) is 0 Å². The van der Waals surface area contributed by atoms with Crippen LogP contribution in [-0.2, 0) is 11.3 Å². The van der Waals surface area contributed by atoms with Crippen molar-refractivity contribution in [3.63, 3.8) is 0 Å². The first-order valence-electron chi connectivity index (χ1n) is 9.54. The van der Waals surface area contributed by atoms with E-state index < -0.39 is 43.1 Å². The molecule has 1 atom stereocenters. The molecule has 32 heavy (non-hydrogen) atoms. The molecule has 2 heterocycles. The van der Waals surface area contributed by atoms with E-state index in [0.29, 0.717) is 12.8 Å². The Hall–Kier alpha value is -1.82. The van der Waals surface area contributed by atoms with Crippen LogP contribution in [0.1, 0.15) is 28.1 Å². The first-order chi connectivity index (χ1) is 14.9. The van der Waals surface area contributed by atoms with Crippen LogP contribution in [-0.4, -0.2) is 48.1 Å². The Balaban J connectivity index is 2.07. The Morgan fingerprint density at radius 2 is 1.78 bits per heavy atom. The Labute approximate surface area is 189 Å². The van der Waals surface area contributed by atoms with Gasteiger partial charge in [-0.05, 0) is 48.6 Å². The Kier molecular flexibility index (Phi) is 7.43. The minimum atomic E-state index is -5.89. The Bertz CT molecular complexity index is 882. The minimum absolute atomic E-state index is 0.178. The molecule has 1 fully saturated rings. The number of carbonyl (C=O) groups excluding carboxylic acids is 1. The van der Waals surface area contributed by atoms with Crippen molar-refractivity contribution in [2.24, 2.45) is 0 Å². The molecule has 0 radical (unpaired) electrons. The smallest absolute Gasteiger partial charge is 0.377 e. The lowest BCUT2D eigenvalue weighted by Crippen LogP contribution is -2.76. The van der Waals surface area contributed by atoms with E-state index >= 15 is 0 Å². The highest BCUT2D eigenvalue weighted by Crippen LogP contribution is 2.47. The van der Waals surface area contributed by atoms with Crippen LogP contribution in [0, 0.1) is 0 Å². The second kappa shape index (κ2) is 9.58. The SMILES string of the molecule is O=C(NC(N(Cc1cccs1)CC1CCCO1)(C(F)(F)F)C(F)(F)F)c1ccc(Cl)cc1. The average molecular weight is 501 g/mol. The second-order valence-electron chi connectivity index (χ2n) is 7.26. The van der Waals surface area contributed by atoms with Gasteiger partial charge < -0.3 is 10.1 Å². The molecule has 1 aliphatic rings. The van der Waals surface area contributed by atoms with Gasteiger partial charge in [0.25, 0.3) is 11.6 Å². The van der Waals surface area contributed by atoms with Gasteiger partial charge >= 0.3 is 12.4 Å². The highest BCUT2D eigenvalue weighted by Gasteiger charge is 2.75. The molecular formula is C20H19ClF6N2O2S.